The summed E-state index contributed by atoms with van der Waals surface area (Å²) in [7, 11) is 0. The van der Waals surface area contributed by atoms with Crippen molar-refractivity contribution in [3.63, 3.8) is 0 Å². The van der Waals surface area contributed by atoms with Crippen LogP contribution in [0, 0.1) is 0 Å². The SMILES string of the molecule is NNC(=NCc1ccsc1)Nc1ccccc1. The summed E-state index contributed by atoms with van der Waals surface area (Å²) in [6.45, 7) is 0.614. The summed E-state index contributed by atoms with van der Waals surface area (Å²) in [6.07, 6.45) is 0. The normalized spacial score (nSPS) is 11.2. The molecular formula is C12H14N4S. The van der Waals surface area contributed by atoms with Gasteiger partial charge in [0.2, 0.25) is 5.96 Å². The molecule has 1 aromatic heterocycles. The third-order valence-corrected chi connectivity index (χ3v) is 2.91. The zero-order chi connectivity index (χ0) is 11.9. The number of guanidine groups is 1. The number of anilines is 1. The number of thiophene rings is 1. The fourth-order valence-corrected chi connectivity index (χ4v) is 1.99. The van der Waals surface area contributed by atoms with Gasteiger partial charge in [-0.25, -0.2) is 10.8 Å². The molecule has 0 amide bonds. The lowest BCUT2D eigenvalue weighted by molar-refractivity contribution is 0.971. The molecule has 0 spiro atoms. The van der Waals surface area contributed by atoms with E-state index < -0.39 is 0 Å². The first-order valence-electron chi connectivity index (χ1n) is 5.22. The van der Waals surface area contributed by atoms with Crippen LogP contribution in [-0.2, 0) is 6.54 Å². The van der Waals surface area contributed by atoms with Crippen molar-refractivity contribution in [3.8, 4) is 0 Å². The van der Waals surface area contributed by atoms with E-state index in [1.807, 2.05) is 41.8 Å². The number of hydrogen-bond acceptors (Lipinski definition) is 3. The molecule has 0 aliphatic rings. The molecule has 5 heteroatoms. The number of benzene rings is 1. The van der Waals surface area contributed by atoms with Gasteiger partial charge in [-0.1, -0.05) is 18.2 Å². The van der Waals surface area contributed by atoms with Crippen LogP contribution in [0.15, 0.2) is 52.2 Å². The molecule has 88 valence electrons. The Balaban J connectivity index is 1.99. The zero-order valence-corrected chi connectivity index (χ0v) is 10.1. The minimum atomic E-state index is 0.558. The van der Waals surface area contributed by atoms with Crippen molar-refractivity contribution < 1.29 is 0 Å². The summed E-state index contributed by atoms with van der Waals surface area (Å²) in [5.74, 6) is 5.98. The molecule has 4 nitrogen and oxygen atoms in total. The number of aliphatic imine (C=N–C) groups is 1. The number of nitrogens with one attached hydrogen (secondary N) is 2. The molecule has 0 unspecified atom stereocenters. The Kier molecular flexibility index (Phi) is 4.12. The lowest BCUT2D eigenvalue weighted by atomic mass is 10.3. The number of rotatable bonds is 3. The molecule has 0 radical (unpaired) electrons. The van der Waals surface area contributed by atoms with E-state index in [0.29, 0.717) is 12.5 Å². The monoisotopic (exact) mass is 246 g/mol. The summed E-state index contributed by atoms with van der Waals surface area (Å²) in [6, 6.07) is 11.8. The van der Waals surface area contributed by atoms with E-state index in [4.69, 9.17) is 5.84 Å². The number of hydrogen-bond donors (Lipinski definition) is 3. The molecule has 1 heterocycles. The van der Waals surface area contributed by atoms with E-state index in [1.165, 1.54) is 5.56 Å². The third-order valence-electron chi connectivity index (χ3n) is 2.17. The highest BCUT2D eigenvalue weighted by Gasteiger charge is 1.97. The summed E-state index contributed by atoms with van der Waals surface area (Å²) >= 11 is 1.66. The lowest BCUT2D eigenvalue weighted by Gasteiger charge is -2.08. The van der Waals surface area contributed by atoms with E-state index in [9.17, 15) is 0 Å². The highest BCUT2D eigenvalue weighted by atomic mass is 32.1. The van der Waals surface area contributed by atoms with Crippen LogP contribution in [0.25, 0.3) is 0 Å². The van der Waals surface area contributed by atoms with Crippen molar-refractivity contribution in [2.45, 2.75) is 6.54 Å². The van der Waals surface area contributed by atoms with Gasteiger partial charge in [0, 0.05) is 5.69 Å². The molecule has 4 N–H and O–H groups in total. The summed E-state index contributed by atoms with van der Waals surface area (Å²) in [5, 5.41) is 7.21. The van der Waals surface area contributed by atoms with Crippen molar-refractivity contribution in [1.29, 1.82) is 0 Å². The highest BCUT2D eigenvalue weighted by molar-refractivity contribution is 7.07. The van der Waals surface area contributed by atoms with Crippen molar-refractivity contribution in [3.05, 3.63) is 52.7 Å². The first kappa shape index (κ1) is 11.6. The summed E-state index contributed by atoms with van der Waals surface area (Å²) in [5.41, 5.74) is 4.69. The standard InChI is InChI=1S/C12H14N4S/c13-16-12(14-8-10-6-7-17-9-10)15-11-4-2-1-3-5-11/h1-7,9H,8,13H2,(H2,14,15,16). The van der Waals surface area contributed by atoms with Crippen molar-refractivity contribution in [2.75, 3.05) is 5.32 Å². The minimum absolute atomic E-state index is 0.558. The fourth-order valence-electron chi connectivity index (χ4n) is 1.33. The van der Waals surface area contributed by atoms with E-state index in [0.717, 1.165) is 5.69 Å². The average Bonchev–Trinajstić information content (AvgIpc) is 2.89. The second kappa shape index (κ2) is 6.03. The molecule has 0 fully saturated rings. The van der Waals surface area contributed by atoms with Gasteiger partial charge in [-0.15, -0.1) is 0 Å². The van der Waals surface area contributed by atoms with Gasteiger partial charge in [-0.3, -0.25) is 5.43 Å². The van der Waals surface area contributed by atoms with Crippen LogP contribution in [-0.4, -0.2) is 5.96 Å². The molecule has 0 bridgehead atoms. The van der Waals surface area contributed by atoms with Crippen molar-refractivity contribution in [2.24, 2.45) is 10.8 Å². The molecule has 1 aromatic carbocycles. The number of hydrazine groups is 1. The van der Waals surface area contributed by atoms with Crippen LogP contribution in [0.2, 0.25) is 0 Å². The van der Waals surface area contributed by atoms with Gasteiger partial charge in [0.15, 0.2) is 0 Å². The van der Waals surface area contributed by atoms with Gasteiger partial charge < -0.3 is 5.32 Å². The maximum absolute atomic E-state index is 5.42. The Bertz CT molecular complexity index is 465. The molecule has 0 saturated heterocycles. The van der Waals surface area contributed by atoms with Gasteiger partial charge >= 0.3 is 0 Å². The van der Waals surface area contributed by atoms with Crippen molar-refractivity contribution >= 4 is 23.0 Å². The quantitative estimate of drug-likeness (QED) is 0.337. The van der Waals surface area contributed by atoms with Crippen LogP contribution in [0.3, 0.4) is 0 Å². The summed E-state index contributed by atoms with van der Waals surface area (Å²) in [4.78, 5) is 4.36. The first-order chi connectivity index (χ1) is 8.38. The van der Waals surface area contributed by atoms with E-state index >= 15 is 0 Å². The molecule has 17 heavy (non-hydrogen) atoms. The Hall–Kier alpha value is -1.85. The molecule has 0 atom stereocenters. The highest BCUT2D eigenvalue weighted by Crippen LogP contribution is 2.08. The predicted octanol–water partition coefficient (Wildman–Crippen LogP) is 2.18. The average molecular weight is 246 g/mol. The van der Waals surface area contributed by atoms with E-state index in [-0.39, 0.29) is 0 Å². The third kappa shape index (κ3) is 3.58. The van der Waals surface area contributed by atoms with Crippen LogP contribution >= 0.6 is 11.3 Å². The smallest absolute Gasteiger partial charge is 0.210 e. The fraction of sp³-hybridized carbons (Fsp3) is 0.0833. The maximum atomic E-state index is 5.42. The topological polar surface area (TPSA) is 62.4 Å². The summed E-state index contributed by atoms with van der Waals surface area (Å²) < 4.78 is 0. The van der Waals surface area contributed by atoms with Crippen LogP contribution in [0.5, 0.6) is 0 Å². The first-order valence-corrected chi connectivity index (χ1v) is 6.17. The number of nitrogens with two attached hydrogens (primary N) is 1. The molecular weight excluding hydrogens is 232 g/mol. The minimum Gasteiger partial charge on any atom is -0.325 e. The van der Waals surface area contributed by atoms with Gasteiger partial charge in [0.25, 0.3) is 0 Å². The Morgan fingerprint density at radius 1 is 1.24 bits per heavy atom. The lowest BCUT2D eigenvalue weighted by Crippen LogP contribution is -2.36. The second-order valence-electron chi connectivity index (χ2n) is 3.43. The van der Waals surface area contributed by atoms with E-state index in [2.05, 4.69) is 21.1 Å². The van der Waals surface area contributed by atoms with E-state index in [1.54, 1.807) is 11.3 Å². The van der Waals surface area contributed by atoms with Gasteiger partial charge in [-0.05, 0) is 34.5 Å². The van der Waals surface area contributed by atoms with Gasteiger partial charge in [0.1, 0.15) is 0 Å². The largest absolute Gasteiger partial charge is 0.325 e. The Morgan fingerprint density at radius 3 is 2.71 bits per heavy atom. The maximum Gasteiger partial charge on any atom is 0.210 e. The Morgan fingerprint density at radius 2 is 2.06 bits per heavy atom. The van der Waals surface area contributed by atoms with Gasteiger partial charge in [0.05, 0.1) is 6.54 Å². The second-order valence-corrected chi connectivity index (χ2v) is 4.21. The molecule has 0 saturated carbocycles. The zero-order valence-electron chi connectivity index (χ0n) is 9.26. The molecule has 2 aromatic rings. The Labute approximate surface area is 104 Å². The van der Waals surface area contributed by atoms with Crippen LogP contribution < -0.4 is 16.6 Å². The van der Waals surface area contributed by atoms with Gasteiger partial charge in [-0.2, -0.15) is 11.3 Å². The number of nitrogens with zero attached hydrogens (tertiary/aromatic N) is 1. The molecule has 2 rings (SSSR count). The van der Waals surface area contributed by atoms with Crippen LogP contribution in [0.1, 0.15) is 5.56 Å². The number of para-hydroxylation sites is 1. The van der Waals surface area contributed by atoms with Crippen LogP contribution in [0.4, 0.5) is 5.69 Å². The molecule has 0 aliphatic carbocycles. The van der Waals surface area contributed by atoms with Crippen molar-refractivity contribution in [1.82, 2.24) is 5.43 Å². The molecule has 0 aliphatic heterocycles. The predicted molar refractivity (Wildman–Crippen MR) is 72.8 cm³/mol.